The number of allylic oxidation sites excluding steroid dienone is 14. The number of esters is 4. The lowest BCUT2D eigenvalue weighted by Gasteiger charge is -2.21. The molecule has 17 nitrogen and oxygen atoms in total. The Bertz CT molecular complexity index is 2230. The zero-order chi connectivity index (χ0) is 73.2. The number of unbranched alkanes of at least 4 members (excludes halogenated alkanes) is 35. The highest BCUT2D eigenvalue weighted by Crippen LogP contribution is 2.45. The standard InChI is InChI=1S/C81H144O17P2/c1-5-9-13-17-21-25-29-33-35-36-37-38-40-43-46-50-54-58-62-66-79(84)92-72-76(97-80(85)67-63-59-55-51-47-42-32-28-24-20-16-12-8-4)73-95-99(87,88)93-69-75(82)70-94-100(89,90)96-74-77(71-91-78(83)65-61-57-53-49-45-41-31-27-23-19-15-11-7-3)98-81(86)68-64-60-56-52-48-44-39-34-30-26-22-18-14-10-6-2/h9,13,21-22,25-26,33-35,37-39,43,46,75-77,82H,5-8,10-12,14-20,23-24,27-32,36,40-42,44-45,47-74H2,1-4H3,(H,87,88)(H,89,90)/b13-9-,25-21-,26-22-,35-33-,38-37-,39-34-,46-43-/t75-,76-,77-/m1/s1. The van der Waals surface area contributed by atoms with Crippen LogP contribution in [0.1, 0.15) is 349 Å². The van der Waals surface area contributed by atoms with Gasteiger partial charge in [0.05, 0.1) is 26.4 Å². The summed E-state index contributed by atoms with van der Waals surface area (Å²) < 4.78 is 68.6. The first-order chi connectivity index (χ1) is 48.7. The summed E-state index contributed by atoms with van der Waals surface area (Å²) >= 11 is 0. The van der Waals surface area contributed by atoms with Gasteiger partial charge in [0.1, 0.15) is 19.3 Å². The number of rotatable bonds is 75. The van der Waals surface area contributed by atoms with E-state index in [2.05, 4.69) is 113 Å². The van der Waals surface area contributed by atoms with Crippen molar-refractivity contribution in [2.24, 2.45) is 0 Å². The number of phosphoric ester groups is 2. The number of carbonyl (C=O) groups is 4. The van der Waals surface area contributed by atoms with Crippen molar-refractivity contribution in [2.75, 3.05) is 39.6 Å². The Morgan fingerprint density at radius 1 is 0.290 bits per heavy atom. The van der Waals surface area contributed by atoms with Crippen LogP contribution in [0.3, 0.4) is 0 Å². The van der Waals surface area contributed by atoms with Crippen LogP contribution in [0.5, 0.6) is 0 Å². The molecule has 0 rings (SSSR count). The second-order valence-electron chi connectivity index (χ2n) is 26.6. The van der Waals surface area contributed by atoms with Crippen molar-refractivity contribution in [3.05, 3.63) is 85.1 Å². The summed E-state index contributed by atoms with van der Waals surface area (Å²) in [5, 5.41) is 10.6. The molecule has 0 bridgehead atoms. The van der Waals surface area contributed by atoms with E-state index in [-0.39, 0.29) is 25.7 Å². The zero-order valence-corrected chi connectivity index (χ0v) is 65.2. The highest BCUT2D eigenvalue weighted by atomic mass is 31.2. The first kappa shape index (κ1) is 96.2. The molecule has 0 aliphatic rings. The zero-order valence-electron chi connectivity index (χ0n) is 63.4. The number of aliphatic hydroxyl groups is 1. The maximum absolute atomic E-state index is 13.1. The van der Waals surface area contributed by atoms with E-state index < -0.39 is 97.5 Å². The van der Waals surface area contributed by atoms with Crippen LogP contribution in [0.25, 0.3) is 0 Å². The second-order valence-corrected chi connectivity index (χ2v) is 29.5. The Morgan fingerprint density at radius 3 is 0.830 bits per heavy atom. The van der Waals surface area contributed by atoms with Crippen molar-refractivity contribution in [3.8, 4) is 0 Å². The van der Waals surface area contributed by atoms with Crippen LogP contribution in [0, 0.1) is 0 Å². The molecule has 0 aromatic carbocycles. The maximum Gasteiger partial charge on any atom is 0.472 e. The fourth-order valence-corrected chi connectivity index (χ4v) is 12.4. The molecule has 0 radical (unpaired) electrons. The average molecular weight is 1450 g/mol. The van der Waals surface area contributed by atoms with Crippen molar-refractivity contribution in [1.82, 2.24) is 0 Å². The molecule has 100 heavy (non-hydrogen) atoms. The predicted molar refractivity (Wildman–Crippen MR) is 409 cm³/mol. The normalized spacial score (nSPS) is 14.3. The van der Waals surface area contributed by atoms with E-state index in [1.165, 1.54) is 128 Å². The summed E-state index contributed by atoms with van der Waals surface area (Å²) in [6.45, 7) is 4.73. The molecule has 0 fully saturated rings. The third-order valence-corrected chi connectivity index (χ3v) is 18.8. The van der Waals surface area contributed by atoms with Crippen LogP contribution < -0.4 is 0 Å². The summed E-state index contributed by atoms with van der Waals surface area (Å²) in [5.41, 5.74) is 0. The SMILES string of the molecule is CC/C=C\C/C=C\C/C=C\C/C=C\C/C=C\CCCCCC(=O)OC[C@H](COP(=O)(O)OC[C@@H](O)COP(=O)(O)OC[C@@H](COC(=O)CCCCCCCCCCCCCCC)OC(=O)CCCCCCC/C=C\C/C=C\CCCCC)OC(=O)CCCCCCCCCCCCCCC. The highest BCUT2D eigenvalue weighted by Gasteiger charge is 2.30. The fraction of sp³-hybridized carbons (Fsp3) is 0.778. The van der Waals surface area contributed by atoms with Crippen LogP contribution in [-0.4, -0.2) is 96.7 Å². The summed E-state index contributed by atoms with van der Waals surface area (Å²) in [7, 11) is -9.95. The van der Waals surface area contributed by atoms with Gasteiger partial charge in [-0.05, 0) is 103 Å². The van der Waals surface area contributed by atoms with E-state index >= 15 is 0 Å². The molecule has 0 saturated carbocycles. The Balaban J connectivity index is 5.35. The molecule has 0 aliphatic carbocycles. The van der Waals surface area contributed by atoms with Gasteiger partial charge in [0, 0.05) is 25.7 Å². The van der Waals surface area contributed by atoms with Gasteiger partial charge in [-0.3, -0.25) is 37.3 Å². The number of hydrogen-bond donors (Lipinski definition) is 3. The Kier molecular flexibility index (Phi) is 70.8. The quantitative estimate of drug-likeness (QED) is 0.0169. The Morgan fingerprint density at radius 2 is 0.520 bits per heavy atom. The number of carbonyl (C=O) groups excluding carboxylic acids is 4. The molecule has 0 saturated heterocycles. The van der Waals surface area contributed by atoms with Gasteiger partial charge in [-0.2, -0.15) is 0 Å². The fourth-order valence-electron chi connectivity index (χ4n) is 10.8. The van der Waals surface area contributed by atoms with Gasteiger partial charge in [-0.25, -0.2) is 9.13 Å². The Labute approximate surface area is 608 Å². The van der Waals surface area contributed by atoms with Crippen LogP contribution in [0.15, 0.2) is 85.1 Å². The predicted octanol–water partition coefficient (Wildman–Crippen LogP) is 23.0. The van der Waals surface area contributed by atoms with E-state index in [9.17, 15) is 43.2 Å². The van der Waals surface area contributed by atoms with Crippen LogP contribution in [-0.2, 0) is 65.4 Å². The minimum Gasteiger partial charge on any atom is -0.462 e. The Hall–Kier alpha value is -3.76. The van der Waals surface area contributed by atoms with Crippen LogP contribution >= 0.6 is 15.6 Å². The molecule has 19 heteroatoms. The molecule has 3 N–H and O–H groups in total. The van der Waals surface area contributed by atoms with Crippen molar-refractivity contribution in [1.29, 1.82) is 0 Å². The third-order valence-electron chi connectivity index (χ3n) is 16.9. The number of ether oxygens (including phenoxy) is 4. The van der Waals surface area contributed by atoms with Crippen LogP contribution in [0.4, 0.5) is 0 Å². The monoisotopic (exact) mass is 1450 g/mol. The molecule has 2 unspecified atom stereocenters. The molecule has 580 valence electrons. The lowest BCUT2D eigenvalue weighted by atomic mass is 10.0. The van der Waals surface area contributed by atoms with E-state index in [0.717, 1.165) is 141 Å². The smallest absolute Gasteiger partial charge is 0.462 e. The first-order valence-corrected chi connectivity index (χ1v) is 42.8. The first-order valence-electron chi connectivity index (χ1n) is 39.8. The van der Waals surface area contributed by atoms with E-state index in [1.54, 1.807) is 0 Å². The van der Waals surface area contributed by atoms with E-state index in [4.69, 9.17) is 37.0 Å². The van der Waals surface area contributed by atoms with Crippen molar-refractivity contribution >= 4 is 39.5 Å². The van der Waals surface area contributed by atoms with Gasteiger partial charge in [0.25, 0.3) is 0 Å². The molecule has 0 spiro atoms. The highest BCUT2D eigenvalue weighted by molar-refractivity contribution is 7.47. The van der Waals surface area contributed by atoms with Gasteiger partial charge in [-0.1, -0.05) is 305 Å². The molecule has 0 heterocycles. The molecule has 0 aromatic rings. The molecule has 0 amide bonds. The van der Waals surface area contributed by atoms with Gasteiger partial charge < -0.3 is 33.8 Å². The molecule has 5 atom stereocenters. The van der Waals surface area contributed by atoms with E-state index in [0.29, 0.717) is 25.7 Å². The maximum atomic E-state index is 13.1. The molecular formula is C81H144O17P2. The summed E-state index contributed by atoms with van der Waals surface area (Å²) in [6, 6.07) is 0. The number of phosphoric acid groups is 2. The average Bonchev–Trinajstić information content (AvgIpc) is 0.924. The van der Waals surface area contributed by atoms with Crippen molar-refractivity contribution in [2.45, 2.75) is 367 Å². The minimum absolute atomic E-state index is 0.0823. The van der Waals surface area contributed by atoms with E-state index in [1.807, 2.05) is 0 Å². The largest absolute Gasteiger partial charge is 0.472 e. The molecular weight excluding hydrogens is 1310 g/mol. The topological polar surface area (TPSA) is 237 Å². The van der Waals surface area contributed by atoms with Gasteiger partial charge in [-0.15, -0.1) is 0 Å². The molecule has 0 aromatic heterocycles. The van der Waals surface area contributed by atoms with Gasteiger partial charge in [0.15, 0.2) is 12.2 Å². The van der Waals surface area contributed by atoms with Crippen molar-refractivity contribution < 1.29 is 80.2 Å². The van der Waals surface area contributed by atoms with Crippen molar-refractivity contribution in [3.63, 3.8) is 0 Å². The van der Waals surface area contributed by atoms with Gasteiger partial charge in [0.2, 0.25) is 0 Å². The lowest BCUT2D eigenvalue weighted by Crippen LogP contribution is -2.30. The lowest BCUT2D eigenvalue weighted by molar-refractivity contribution is -0.161. The molecule has 0 aliphatic heterocycles. The number of aliphatic hydroxyl groups excluding tert-OH is 1. The van der Waals surface area contributed by atoms with Crippen LogP contribution in [0.2, 0.25) is 0 Å². The summed E-state index contributed by atoms with van der Waals surface area (Å²) in [5.74, 6) is -2.20. The second kappa shape index (κ2) is 73.5. The third kappa shape index (κ3) is 72.6. The minimum atomic E-state index is -4.98. The number of hydrogen-bond acceptors (Lipinski definition) is 15. The summed E-state index contributed by atoms with van der Waals surface area (Å²) in [6.07, 6.45) is 75.6. The summed E-state index contributed by atoms with van der Waals surface area (Å²) in [4.78, 5) is 72.9. The van der Waals surface area contributed by atoms with Gasteiger partial charge >= 0.3 is 39.5 Å².